The number of nitrogens with zero attached hydrogens (tertiary/aromatic N) is 1. The summed E-state index contributed by atoms with van der Waals surface area (Å²) in [5, 5.41) is 12.7. The zero-order valence-corrected chi connectivity index (χ0v) is 10.9. The molecule has 1 rings (SSSR count). The third-order valence-electron chi connectivity index (χ3n) is 2.15. The molecular weight excluding hydrogens is 224 g/mol. The summed E-state index contributed by atoms with van der Waals surface area (Å²) in [6.07, 6.45) is 1.81. The number of hydrogen-bond donors (Lipinski definition) is 2. The third kappa shape index (κ3) is 3.57. The molecule has 5 heteroatoms. The highest BCUT2D eigenvalue weighted by atomic mass is 32.1. The first-order chi connectivity index (χ1) is 7.30. The summed E-state index contributed by atoms with van der Waals surface area (Å²) in [4.78, 5) is 16.0. The molecule has 0 aliphatic rings. The van der Waals surface area contributed by atoms with Gasteiger partial charge in [0.25, 0.3) is 0 Å². The van der Waals surface area contributed by atoms with Crippen LogP contribution < -0.4 is 5.32 Å². The van der Waals surface area contributed by atoms with Crippen LogP contribution in [0.15, 0.2) is 6.20 Å². The van der Waals surface area contributed by atoms with Gasteiger partial charge in [0, 0.05) is 23.0 Å². The highest BCUT2D eigenvalue weighted by Gasteiger charge is 2.18. The monoisotopic (exact) mass is 242 g/mol. The molecule has 0 saturated heterocycles. The summed E-state index contributed by atoms with van der Waals surface area (Å²) in [6, 6.07) is -0.528. The van der Waals surface area contributed by atoms with Gasteiger partial charge in [0.1, 0.15) is 6.04 Å². The van der Waals surface area contributed by atoms with Crippen LogP contribution in [0.4, 0.5) is 0 Å². The summed E-state index contributed by atoms with van der Waals surface area (Å²) in [7, 11) is 0. The molecule has 1 heterocycles. The zero-order chi connectivity index (χ0) is 12.3. The molecular formula is C11H18N2O2S. The predicted molar refractivity (Wildman–Crippen MR) is 64.8 cm³/mol. The minimum absolute atomic E-state index is 0.0569. The number of carbonyl (C=O) groups is 1. The lowest BCUT2D eigenvalue weighted by molar-refractivity contribution is -0.139. The van der Waals surface area contributed by atoms with Crippen molar-refractivity contribution in [3.63, 3.8) is 0 Å². The maximum atomic E-state index is 10.6. The third-order valence-corrected chi connectivity index (χ3v) is 3.57. The van der Waals surface area contributed by atoms with Crippen LogP contribution in [0, 0.1) is 0 Å². The second-order valence-electron chi connectivity index (χ2n) is 4.82. The van der Waals surface area contributed by atoms with Crippen LogP contribution in [0.5, 0.6) is 0 Å². The van der Waals surface area contributed by atoms with Gasteiger partial charge in [-0.1, -0.05) is 20.8 Å². The average Bonchev–Trinajstić information content (AvgIpc) is 2.61. The maximum Gasteiger partial charge on any atom is 0.320 e. The molecule has 0 spiro atoms. The number of carboxylic acids is 1. The lowest BCUT2D eigenvalue weighted by Crippen LogP contribution is -2.32. The van der Waals surface area contributed by atoms with Gasteiger partial charge >= 0.3 is 5.97 Å². The van der Waals surface area contributed by atoms with Gasteiger partial charge in [-0.2, -0.15) is 0 Å². The second-order valence-corrected chi connectivity index (χ2v) is 5.94. The SMILES string of the molecule is CC(NCc1cnc(C(C)(C)C)s1)C(=O)O. The molecule has 0 aliphatic carbocycles. The van der Waals surface area contributed by atoms with Gasteiger partial charge in [-0.05, 0) is 6.92 Å². The van der Waals surface area contributed by atoms with Crippen LogP contribution in [0.1, 0.15) is 37.6 Å². The number of carboxylic acid groups (broad SMARTS) is 1. The highest BCUT2D eigenvalue weighted by molar-refractivity contribution is 7.11. The summed E-state index contributed by atoms with van der Waals surface area (Å²) >= 11 is 1.63. The number of aromatic nitrogens is 1. The van der Waals surface area contributed by atoms with Crippen molar-refractivity contribution in [1.82, 2.24) is 10.3 Å². The molecule has 1 aromatic rings. The van der Waals surface area contributed by atoms with Crippen LogP contribution in [0.2, 0.25) is 0 Å². The molecule has 0 radical (unpaired) electrons. The predicted octanol–water partition coefficient (Wildman–Crippen LogP) is 2.00. The Balaban J connectivity index is 2.57. The number of thiazole rings is 1. The van der Waals surface area contributed by atoms with Gasteiger partial charge in [0.15, 0.2) is 0 Å². The van der Waals surface area contributed by atoms with Gasteiger partial charge < -0.3 is 5.11 Å². The zero-order valence-electron chi connectivity index (χ0n) is 10.1. The molecule has 0 saturated carbocycles. The molecule has 1 aromatic heterocycles. The Morgan fingerprint density at radius 2 is 2.25 bits per heavy atom. The molecule has 4 nitrogen and oxygen atoms in total. The van der Waals surface area contributed by atoms with Crippen molar-refractivity contribution in [2.45, 2.75) is 45.7 Å². The Hall–Kier alpha value is -0.940. The minimum atomic E-state index is -0.833. The summed E-state index contributed by atoms with van der Waals surface area (Å²) in [6.45, 7) is 8.53. The fourth-order valence-corrected chi connectivity index (χ4v) is 2.00. The Bertz CT molecular complexity index is 368. The lowest BCUT2D eigenvalue weighted by Gasteiger charge is -2.13. The maximum absolute atomic E-state index is 10.6. The molecule has 1 unspecified atom stereocenters. The van der Waals surface area contributed by atoms with Gasteiger partial charge in [0.2, 0.25) is 0 Å². The summed E-state index contributed by atoms with van der Waals surface area (Å²) in [5.41, 5.74) is 0.0569. The highest BCUT2D eigenvalue weighted by Crippen LogP contribution is 2.26. The van der Waals surface area contributed by atoms with Gasteiger partial charge in [-0.3, -0.25) is 10.1 Å². The van der Waals surface area contributed by atoms with E-state index in [1.54, 1.807) is 18.3 Å². The number of rotatable bonds is 4. The fourth-order valence-electron chi connectivity index (χ4n) is 1.08. The van der Waals surface area contributed by atoms with Crippen molar-refractivity contribution in [2.75, 3.05) is 0 Å². The van der Waals surface area contributed by atoms with Crippen LogP contribution in [0.25, 0.3) is 0 Å². The Morgan fingerprint density at radius 3 is 2.69 bits per heavy atom. The van der Waals surface area contributed by atoms with E-state index in [0.717, 1.165) is 9.88 Å². The van der Waals surface area contributed by atoms with Crippen molar-refractivity contribution >= 4 is 17.3 Å². The first kappa shape index (κ1) is 13.1. The van der Waals surface area contributed by atoms with E-state index in [-0.39, 0.29) is 5.41 Å². The van der Waals surface area contributed by atoms with Crippen molar-refractivity contribution in [3.8, 4) is 0 Å². The molecule has 0 bridgehead atoms. The first-order valence-electron chi connectivity index (χ1n) is 5.22. The van der Waals surface area contributed by atoms with E-state index in [1.807, 2.05) is 6.20 Å². The average molecular weight is 242 g/mol. The summed E-state index contributed by atoms with van der Waals surface area (Å²) in [5.74, 6) is -0.833. The largest absolute Gasteiger partial charge is 0.480 e. The topological polar surface area (TPSA) is 62.2 Å². The van der Waals surface area contributed by atoms with Crippen LogP contribution in [0.3, 0.4) is 0 Å². The van der Waals surface area contributed by atoms with E-state index in [0.29, 0.717) is 6.54 Å². The second kappa shape index (κ2) is 4.93. The molecule has 2 N–H and O–H groups in total. The summed E-state index contributed by atoms with van der Waals surface area (Å²) < 4.78 is 0. The molecule has 0 fully saturated rings. The molecule has 0 aliphatic heterocycles. The minimum Gasteiger partial charge on any atom is -0.480 e. The van der Waals surface area contributed by atoms with E-state index in [9.17, 15) is 4.79 Å². The molecule has 16 heavy (non-hydrogen) atoms. The molecule has 0 aromatic carbocycles. The van der Waals surface area contributed by atoms with Crippen LogP contribution in [-0.2, 0) is 16.8 Å². The molecule has 1 atom stereocenters. The van der Waals surface area contributed by atoms with Crippen LogP contribution in [-0.4, -0.2) is 22.1 Å². The van der Waals surface area contributed by atoms with E-state index in [2.05, 4.69) is 31.1 Å². The standard InChI is InChI=1S/C11H18N2O2S/c1-7(9(14)15)12-5-8-6-13-10(16-8)11(2,3)4/h6-7,12H,5H2,1-4H3,(H,14,15). The van der Waals surface area contributed by atoms with Gasteiger partial charge in [-0.15, -0.1) is 11.3 Å². The number of aliphatic carboxylic acids is 1. The normalized spacial score (nSPS) is 13.8. The van der Waals surface area contributed by atoms with E-state index >= 15 is 0 Å². The quantitative estimate of drug-likeness (QED) is 0.847. The first-order valence-corrected chi connectivity index (χ1v) is 6.03. The van der Waals surface area contributed by atoms with Crippen molar-refractivity contribution in [1.29, 1.82) is 0 Å². The number of nitrogens with one attached hydrogen (secondary N) is 1. The van der Waals surface area contributed by atoms with Crippen LogP contribution >= 0.6 is 11.3 Å². The Kier molecular flexibility index (Phi) is 4.04. The number of hydrogen-bond acceptors (Lipinski definition) is 4. The molecule has 0 amide bonds. The fraction of sp³-hybridized carbons (Fsp3) is 0.636. The van der Waals surface area contributed by atoms with Crippen molar-refractivity contribution in [2.24, 2.45) is 0 Å². The Morgan fingerprint density at radius 1 is 1.62 bits per heavy atom. The van der Waals surface area contributed by atoms with E-state index in [4.69, 9.17) is 5.11 Å². The Labute approximate surface area is 99.7 Å². The molecule has 90 valence electrons. The van der Waals surface area contributed by atoms with Gasteiger partial charge in [-0.25, -0.2) is 4.98 Å². The van der Waals surface area contributed by atoms with Crippen molar-refractivity contribution < 1.29 is 9.90 Å². The lowest BCUT2D eigenvalue weighted by atomic mass is 9.98. The smallest absolute Gasteiger partial charge is 0.320 e. The van der Waals surface area contributed by atoms with E-state index < -0.39 is 12.0 Å². The van der Waals surface area contributed by atoms with Gasteiger partial charge in [0.05, 0.1) is 5.01 Å². The van der Waals surface area contributed by atoms with E-state index in [1.165, 1.54) is 0 Å². The van der Waals surface area contributed by atoms with Crippen molar-refractivity contribution in [3.05, 3.63) is 16.1 Å².